The molecular formula is C7H15NO2. The Balaban J connectivity index is 3.71. The average Bonchev–Trinajstić information content (AvgIpc) is 1.81. The summed E-state index contributed by atoms with van der Waals surface area (Å²) in [7, 11) is 0. The molecule has 0 N–H and O–H groups in total. The first kappa shape index (κ1) is 9.40. The van der Waals surface area contributed by atoms with Crippen LogP contribution in [-0.4, -0.2) is 11.5 Å². The fourth-order valence-corrected chi connectivity index (χ4v) is 1.00. The van der Waals surface area contributed by atoms with Crippen molar-refractivity contribution in [2.75, 3.05) is 6.54 Å². The second-order valence-electron chi connectivity index (χ2n) is 2.93. The van der Waals surface area contributed by atoms with E-state index >= 15 is 0 Å². The Morgan fingerprint density at radius 3 is 2.10 bits per heavy atom. The summed E-state index contributed by atoms with van der Waals surface area (Å²) in [6, 6.07) is 0. The van der Waals surface area contributed by atoms with Crippen LogP contribution in [0.3, 0.4) is 0 Å². The van der Waals surface area contributed by atoms with Crippen molar-refractivity contribution in [3.63, 3.8) is 0 Å². The predicted molar refractivity (Wildman–Crippen MR) is 40.5 cm³/mol. The zero-order valence-corrected chi connectivity index (χ0v) is 6.83. The highest BCUT2D eigenvalue weighted by Gasteiger charge is 2.16. The molecule has 0 aliphatic heterocycles. The van der Waals surface area contributed by atoms with E-state index in [1.54, 1.807) is 0 Å². The summed E-state index contributed by atoms with van der Waals surface area (Å²) in [6.45, 7) is 6.16. The molecule has 60 valence electrons. The lowest BCUT2D eigenvalue weighted by Gasteiger charge is -2.12. The van der Waals surface area contributed by atoms with Crippen LogP contribution in [0.1, 0.15) is 27.2 Å². The summed E-state index contributed by atoms with van der Waals surface area (Å²) in [4.78, 5) is 9.85. The van der Waals surface area contributed by atoms with Crippen LogP contribution in [0.25, 0.3) is 0 Å². The Bertz CT molecular complexity index is 112. The van der Waals surface area contributed by atoms with E-state index in [1.807, 2.05) is 20.8 Å². The smallest absolute Gasteiger partial charge is 0.206 e. The molecule has 0 saturated heterocycles. The second-order valence-corrected chi connectivity index (χ2v) is 2.93. The normalized spacial score (nSPS) is 13.6. The second kappa shape index (κ2) is 4.25. The van der Waals surface area contributed by atoms with Crippen LogP contribution in [0, 0.1) is 22.0 Å². The van der Waals surface area contributed by atoms with E-state index in [9.17, 15) is 10.1 Å². The highest BCUT2D eigenvalue weighted by Crippen LogP contribution is 2.14. The van der Waals surface area contributed by atoms with Crippen molar-refractivity contribution in [3.8, 4) is 0 Å². The number of nitrogens with zero attached hydrogens (tertiary/aromatic N) is 1. The van der Waals surface area contributed by atoms with Gasteiger partial charge in [-0.05, 0) is 12.3 Å². The lowest BCUT2D eigenvalue weighted by Crippen LogP contribution is -2.18. The molecule has 0 heterocycles. The molecule has 0 unspecified atom stereocenters. The Morgan fingerprint density at radius 1 is 1.50 bits per heavy atom. The van der Waals surface area contributed by atoms with E-state index in [0.29, 0.717) is 5.92 Å². The Labute approximate surface area is 61.6 Å². The van der Waals surface area contributed by atoms with Crippen molar-refractivity contribution >= 4 is 0 Å². The van der Waals surface area contributed by atoms with Crippen LogP contribution in [0.15, 0.2) is 0 Å². The highest BCUT2D eigenvalue weighted by molar-refractivity contribution is 4.58. The number of rotatable bonds is 4. The van der Waals surface area contributed by atoms with Crippen molar-refractivity contribution in [3.05, 3.63) is 10.1 Å². The van der Waals surface area contributed by atoms with Gasteiger partial charge in [0.1, 0.15) is 0 Å². The van der Waals surface area contributed by atoms with Gasteiger partial charge in [-0.1, -0.05) is 20.8 Å². The van der Waals surface area contributed by atoms with Gasteiger partial charge in [0.05, 0.1) is 0 Å². The van der Waals surface area contributed by atoms with Crippen LogP contribution < -0.4 is 0 Å². The molecular weight excluding hydrogens is 130 g/mol. The van der Waals surface area contributed by atoms with Crippen molar-refractivity contribution in [1.29, 1.82) is 0 Å². The van der Waals surface area contributed by atoms with E-state index in [0.717, 1.165) is 6.42 Å². The molecule has 0 aliphatic rings. The minimum atomic E-state index is -0.228. The fourth-order valence-electron chi connectivity index (χ4n) is 1.00. The minimum Gasteiger partial charge on any atom is -0.265 e. The van der Waals surface area contributed by atoms with Gasteiger partial charge in [-0.15, -0.1) is 0 Å². The van der Waals surface area contributed by atoms with Crippen LogP contribution >= 0.6 is 0 Å². The zero-order chi connectivity index (χ0) is 8.15. The molecule has 3 nitrogen and oxygen atoms in total. The van der Waals surface area contributed by atoms with Gasteiger partial charge >= 0.3 is 0 Å². The van der Waals surface area contributed by atoms with Crippen molar-refractivity contribution in [2.24, 2.45) is 11.8 Å². The molecule has 10 heavy (non-hydrogen) atoms. The molecule has 3 heteroatoms. The third-order valence-electron chi connectivity index (χ3n) is 1.85. The van der Waals surface area contributed by atoms with Gasteiger partial charge in [-0.2, -0.15) is 0 Å². The zero-order valence-electron chi connectivity index (χ0n) is 6.83. The number of nitro groups is 1. The molecule has 0 fully saturated rings. The van der Waals surface area contributed by atoms with E-state index in [1.165, 1.54) is 0 Å². The van der Waals surface area contributed by atoms with Crippen LogP contribution in [-0.2, 0) is 0 Å². The van der Waals surface area contributed by atoms with E-state index in [-0.39, 0.29) is 17.4 Å². The summed E-state index contributed by atoms with van der Waals surface area (Å²) in [5, 5.41) is 10.1. The van der Waals surface area contributed by atoms with Gasteiger partial charge in [0.2, 0.25) is 6.54 Å². The Kier molecular flexibility index (Phi) is 4.00. The van der Waals surface area contributed by atoms with Gasteiger partial charge in [-0.25, -0.2) is 0 Å². The fraction of sp³-hybridized carbons (Fsp3) is 1.00. The lowest BCUT2D eigenvalue weighted by atomic mass is 9.94. The predicted octanol–water partition coefficient (Wildman–Crippen LogP) is 1.95. The standard InChI is InChI=1S/C7H15NO2/c1-4-7(6(2)3)5-8(9)10/h6-7H,4-5H2,1-3H3/t7-/m1/s1. The summed E-state index contributed by atoms with van der Waals surface area (Å²) in [5.41, 5.74) is 0. The quantitative estimate of drug-likeness (QED) is 0.448. The van der Waals surface area contributed by atoms with Crippen LogP contribution in [0.4, 0.5) is 0 Å². The maximum absolute atomic E-state index is 10.1. The van der Waals surface area contributed by atoms with Crippen molar-refractivity contribution < 1.29 is 4.92 Å². The van der Waals surface area contributed by atoms with Gasteiger partial charge in [0.25, 0.3) is 0 Å². The number of hydrogen-bond acceptors (Lipinski definition) is 2. The first-order valence-corrected chi connectivity index (χ1v) is 3.69. The largest absolute Gasteiger partial charge is 0.265 e. The molecule has 0 saturated carbocycles. The SMILES string of the molecule is CC[C@H](C[N+](=O)[O-])C(C)C. The summed E-state index contributed by atoms with van der Waals surface area (Å²) in [6.07, 6.45) is 0.901. The maximum atomic E-state index is 10.1. The van der Waals surface area contributed by atoms with E-state index in [2.05, 4.69) is 0 Å². The summed E-state index contributed by atoms with van der Waals surface area (Å²) in [5.74, 6) is 0.672. The molecule has 0 rings (SSSR count). The Morgan fingerprint density at radius 2 is 2.00 bits per heavy atom. The molecule has 0 aromatic carbocycles. The van der Waals surface area contributed by atoms with Crippen LogP contribution in [0.2, 0.25) is 0 Å². The molecule has 0 spiro atoms. The minimum absolute atomic E-state index is 0.119. The first-order valence-electron chi connectivity index (χ1n) is 3.69. The number of hydrogen-bond donors (Lipinski definition) is 0. The van der Waals surface area contributed by atoms with Crippen molar-refractivity contribution in [1.82, 2.24) is 0 Å². The van der Waals surface area contributed by atoms with Crippen molar-refractivity contribution in [2.45, 2.75) is 27.2 Å². The van der Waals surface area contributed by atoms with Gasteiger partial charge in [-0.3, -0.25) is 10.1 Å². The molecule has 0 aromatic heterocycles. The van der Waals surface area contributed by atoms with Crippen LogP contribution in [0.5, 0.6) is 0 Å². The molecule has 0 aliphatic carbocycles. The van der Waals surface area contributed by atoms with E-state index < -0.39 is 0 Å². The third kappa shape index (κ3) is 3.43. The topological polar surface area (TPSA) is 43.1 Å². The molecule has 1 atom stereocenters. The Hall–Kier alpha value is -0.600. The van der Waals surface area contributed by atoms with Gasteiger partial charge < -0.3 is 0 Å². The molecule has 0 bridgehead atoms. The first-order chi connectivity index (χ1) is 4.57. The highest BCUT2D eigenvalue weighted by atomic mass is 16.6. The molecule has 0 radical (unpaired) electrons. The van der Waals surface area contributed by atoms with Gasteiger partial charge in [0.15, 0.2) is 0 Å². The molecule has 0 amide bonds. The average molecular weight is 145 g/mol. The molecule has 0 aromatic rings. The van der Waals surface area contributed by atoms with Gasteiger partial charge in [0, 0.05) is 10.8 Å². The summed E-state index contributed by atoms with van der Waals surface area (Å²) < 4.78 is 0. The maximum Gasteiger partial charge on any atom is 0.206 e. The lowest BCUT2D eigenvalue weighted by molar-refractivity contribution is -0.489. The third-order valence-corrected chi connectivity index (χ3v) is 1.85. The summed E-state index contributed by atoms with van der Waals surface area (Å²) >= 11 is 0. The van der Waals surface area contributed by atoms with E-state index in [4.69, 9.17) is 0 Å². The monoisotopic (exact) mass is 145 g/mol.